The van der Waals surface area contributed by atoms with Crippen LogP contribution in [-0.4, -0.2) is 0 Å². The lowest BCUT2D eigenvalue weighted by Gasteiger charge is -2.01. The van der Waals surface area contributed by atoms with Crippen LogP contribution in [0.1, 0.15) is 11.1 Å². The van der Waals surface area contributed by atoms with E-state index >= 15 is 0 Å². The molecule has 0 bridgehead atoms. The first-order chi connectivity index (χ1) is 8.65. The van der Waals surface area contributed by atoms with Gasteiger partial charge in [-0.25, -0.2) is 0 Å². The number of hydrogen-bond acceptors (Lipinski definition) is 2. The van der Waals surface area contributed by atoms with E-state index in [0.717, 1.165) is 16.9 Å². The SMILES string of the molecule is Cc1ccc(C)c(N=NNc2ccc(Cl)cc2)c1. The van der Waals surface area contributed by atoms with Gasteiger partial charge in [-0.2, -0.15) is 0 Å². The molecule has 2 aromatic rings. The topological polar surface area (TPSA) is 36.8 Å². The summed E-state index contributed by atoms with van der Waals surface area (Å²) in [5.74, 6) is 0. The van der Waals surface area contributed by atoms with Gasteiger partial charge in [0.25, 0.3) is 0 Å². The van der Waals surface area contributed by atoms with Crippen molar-refractivity contribution in [1.82, 2.24) is 0 Å². The summed E-state index contributed by atoms with van der Waals surface area (Å²) in [5.41, 5.74) is 6.86. The summed E-state index contributed by atoms with van der Waals surface area (Å²) in [6, 6.07) is 13.4. The standard InChI is InChI=1S/C14H14ClN3/c1-10-3-4-11(2)14(9-10)17-18-16-13-7-5-12(15)6-8-13/h3-9H,1-2H3,(H,16,17). The molecule has 2 rings (SSSR count). The summed E-state index contributed by atoms with van der Waals surface area (Å²) in [7, 11) is 0. The van der Waals surface area contributed by atoms with Crippen molar-refractivity contribution in [2.24, 2.45) is 10.3 Å². The Kier molecular flexibility index (Phi) is 3.95. The van der Waals surface area contributed by atoms with Crippen molar-refractivity contribution >= 4 is 23.0 Å². The van der Waals surface area contributed by atoms with Crippen LogP contribution in [-0.2, 0) is 0 Å². The second-order valence-corrected chi connectivity index (χ2v) is 4.55. The van der Waals surface area contributed by atoms with E-state index in [1.54, 1.807) is 12.1 Å². The van der Waals surface area contributed by atoms with Gasteiger partial charge in [0.1, 0.15) is 0 Å². The van der Waals surface area contributed by atoms with E-state index in [4.69, 9.17) is 11.6 Å². The first kappa shape index (κ1) is 12.6. The number of nitrogens with zero attached hydrogens (tertiary/aromatic N) is 2. The van der Waals surface area contributed by atoms with Crippen LogP contribution in [0.3, 0.4) is 0 Å². The van der Waals surface area contributed by atoms with Crippen molar-refractivity contribution in [2.45, 2.75) is 13.8 Å². The molecule has 0 spiro atoms. The monoisotopic (exact) mass is 259 g/mol. The maximum absolute atomic E-state index is 5.80. The average molecular weight is 260 g/mol. The Bertz CT molecular complexity index is 562. The zero-order valence-corrected chi connectivity index (χ0v) is 11.1. The number of aryl methyl sites for hydroxylation is 2. The maximum Gasteiger partial charge on any atom is 0.0906 e. The normalized spacial score (nSPS) is 10.8. The molecule has 0 aromatic heterocycles. The van der Waals surface area contributed by atoms with Crippen LogP contribution < -0.4 is 5.43 Å². The van der Waals surface area contributed by atoms with Crippen molar-refractivity contribution < 1.29 is 0 Å². The molecule has 0 amide bonds. The Hall–Kier alpha value is -1.87. The molecule has 92 valence electrons. The van der Waals surface area contributed by atoms with Crippen LogP contribution in [0.15, 0.2) is 52.8 Å². The van der Waals surface area contributed by atoms with E-state index in [1.807, 2.05) is 38.1 Å². The van der Waals surface area contributed by atoms with Crippen molar-refractivity contribution in [2.75, 3.05) is 5.43 Å². The van der Waals surface area contributed by atoms with Gasteiger partial charge in [0, 0.05) is 5.02 Å². The summed E-state index contributed by atoms with van der Waals surface area (Å²) in [6.07, 6.45) is 0. The summed E-state index contributed by atoms with van der Waals surface area (Å²) < 4.78 is 0. The molecule has 0 unspecified atom stereocenters. The molecular formula is C14H14ClN3. The Morgan fingerprint density at radius 3 is 2.44 bits per heavy atom. The van der Waals surface area contributed by atoms with Crippen LogP contribution in [0.25, 0.3) is 0 Å². The number of halogens is 1. The van der Waals surface area contributed by atoms with E-state index in [0.29, 0.717) is 5.02 Å². The molecule has 0 radical (unpaired) electrons. The fraction of sp³-hybridized carbons (Fsp3) is 0.143. The third-order valence-corrected chi connectivity index (χ3v) is 2.80. The van der Waals surface area contributed by atoms with Gasteiger partial charge in [0.05, 0.1) is 11.4 Å². The highest BCUT2D eigenvalue weighted by Gasteiger charge is 1.96. The van der Waals surface area contributed by atoms with E-state index < -0.39 is 0 Å². The fourth-order valence-corrected chi connectivity index (χ4v) is 1.61. The first-order valence-electron chi connectivity index (χ1n) is 5.65. The smallest absolute Gasteiger partial charge is 0.0906 e. The minimum absolute atomic E-state index is 0.701. The molecular weight excluding hydrogens is 246 g/mol. The molecule has 0 atom stereocenters. The Morgan fingerprint density at radius 1 is 1.00 bits per heavy atom. The second kappa shape index (κ2) is 5.65. The lowest BCUT2D eigenvalue weighted by Crippen LogP contribution is -1.85. The van der Waals surface area contributed by atoms with Crippen LogP contribution in [0, 0.1) is 13.8 Å². The predicted molar refractivity (Wildman–Crippen MR) is 75.5 cm³/mol. The summed E-state index contributed by atoms with van der Waals surface area (Å²) in [4.78, 5) is 0. The van der Waals surface area contributed by atoms with Crippen LogP contribution in [0.2, 0.25) is 5.02 Å². The highest BCUT2D eigenvalue weighted by Crippen LogP contribution is 2.20. The van der Waals surface area contributed by atoms with Gasteiger partial charge in [-0.15, -0.1) is 5.11 Å². The number of nitrogens with one attached hydrogen (secondary N) is 1. The molecule has 0 aliphatic heterocycles. The second-order valence-electron chi connectivity index (χ2n) is 4.11. The van der Waals surface area contributed by atoms with Crippen molar-refractivity contribution in [3.8, 4) is 0 Å². The van der Waals surface area contributed by atoms with Gasteiger partial charge in [-0.1, -0.05) is 29.0 Å². The fourth-order valence-electron chi connectivity index (χ4n) is 1.49. The lowest BCUT2D eigenvalue weighted by molar-refractivity contribution is 1.12. The quantitative estimate of drug-likeness (QED) is 0.606. The highest BCUT2D eigenvalue weighted by molar-refractivity contribution is 6.30. The molecule has 0 saturated heterocycles. The molecule has 0 aliphatic rings. The number of anilines is 1. The highest BCUT2D eigenvalue weighted by atomic mass is 35.5. The van der Waals surface area contributed by atoms with E-state index in [9.17, 15) is 0 Å². The minimum Gasteiger partial charge on any atom is -0.260 e. The molecule has 18 heavy (non-hydrogen) atoms. The van der Waals surface area contributed by atoms with Gasteiger partial charge in [-0.05, 0) is 55.3 Å². The summed E-state index contributed by atoms with van der Waals surface area (Å²) >= 11 is 5.80. The number of benzene rings is 2. The van der Waals surface area contributed by atoms with Crippen molar-refractivity contribution in [3.63, 3.8) is 0 Å². The van der Waals surface area contributed by atoms with E-state index in [-0.39, 0.29) is 0 Å². The molecule has 4 heteroatoms. The van der Waals surface area contributed by atoms with Crippen LogP contribution >= 0.6 is 11.6 Å². The van der Waals surface area contributed by atoms with Crippen LogP contribution in [0.5, 0.6) is 0 Å². The third-order valence-electron chi connectivity index (χ3n) is 2.55. The van der Waals surface area contributed by atoms with Gasteiger partial charge in [-0.3, -0.25) is 5.43 Å². The van der Waals surface area contributed by atoms with Gasteiger partial charge in [0.15, 0.2) is 0 Å². The number of hydrogen-bond donors (Lipinski definition) is 1. The predicted octanol–water partition coefficient (Wildman–Crippen LogP) is 5.07. The van der Waals surface area contributed by atoms with Gasteiger partial charge < -0.3 is 0 Å². The molecule has 1 N–H and O–H groups in total. The zero-order valence-electron chi connectivity index (χ0n) is 10.3. The van der Waals surface area contributed by atoms with E-state index in [2.05, 4.69) is 21.8 Å². The van der Waals surface area contributed by atoms with Gasteiger partial charge in [0.2, 0.25) is 0 Å². The average Bonchev–Trinajstić information content (AvgIpc) is 2.36. The Labute approximate surface area is 111 Å². The molecule has 0 heterocycles. The minimum atomic E-state index is 0.701. The molecule has 2 aromatic carbocycles. The number of rotatable bonds is 3. The molecule has 0 aliphatic carbocycles. The maximum atomic E-state index is 5.80. The summed E-state index contributed by atoms with van der Waals surface area (Å²) in [5, 5.41) is 8.84. The molecule has 0 saturated carbocycles. The lowest BCUT2D eigenvalue weighted by atomic mass is 10.1. The Balaban J connectivity index is 2.07. The largest absolute Gasteiger partial charge is 0.260 e. The van der Waals surface area contributed by atoms with E-state index in [1.165, 1.54) is 5.56 Å². The van der Waals surface area contributed by atoms with Gasteiger partial charge >= 0.3 is 0 Å². The van der Waals surface area contributed by atoms with Crippen molar-refractivity contribution in [3.05, 3.63) is 58.6 Å². The van der Waals surface area contributed by atoms with Crippen LogP contribution in [0.4, 0.5) is 11.4 Å². The molecule has 3 nitrogen and oxygen atoms in total. The molecule has 0 fully saturated rings. The van der Waals surface area contributed by atoms with Crippen molar-refractivity contribution in [1.29, 1.82) is 0 Å². The summed E-state index contributed by atoms with van der Waals surface area (Å²) in [6.45, 7) is 4.04. The Morgan fingerprint density at radius 2 is 1.72 bits per heavy atom. The third kappa shape index (κ3) is 3.31. The zero-order chi connectivity index (χ0) is 13.0. The first-order valence-corrected chi connectivity index (χ1v) is 6.02.